The van der Waals surface area contributed by atoms with E-state index in [0.717, 1.165) is 5.56 Å². The summed E-state index contributed by atoms with van der Waals surface area (Å²) in [5, 5.41) is 2.81. The highest BCUT2D eigenvalue weighted by Crippen LogP contribution is 2.26. The van der Waals surface area contributed by atoms with E-state index >= 15 is 0 Å². The van der Waals surface area contributed by atoms with E-state index < -0.39 is 16.9 Å². The lowest BCUT2D eigenvalue weighted by atomic mass is 10.1. The first-order valence-corrected chi connectivity index (χ1v) is 12.8. The van der Waals surface area contributed by atoms with Crippen molar-refractivity contribution in [3.63, 3.8) is 0 Å². The van der Waals surface area contributed by atoms with Gasteiger partial charge in [0.2, 0.25) is 0 Å². The van der Waals surface area contributed by atoms with Gasteiger partial charge in [0.1, 0.15) is 23.3 Å². The van der Waals surface area contributed by atoms with Crippen LogP contribution in [0.15, 0.2) is 59.6 Å². The molecule has 3 heterocycles. The molecule has 2 aliphatic heterocycles. The van der Waals surface area contributed by atoms with Crippen LogP contribution in [0.3, 0.4) is 0 Å². The molecule has 0 saturated heterocycles. The highest BCUT2D eigenvalue weighted by atomic mass is 32.2. The average molecular weight is 512 g/mol. The average Bonchev–Trinajstić information content (AvgIpc) is 2.90. The van der Waals surface area contributed by atoms with E-state index in [4.69, 9.17) is 19.9 Å². The van der Waals surface area contributed by atoms with Gasteiger partial charge in [0.15, 0.2) is 11.5 Å². The van der Waals surface area contributed by atoms with Gasteiger partial charge in [0, 0.05) is 18.7 Å². The third-order valence-corrected chi connectivity index (χ3v) is 7.02. The van der Waals surface area contributed by atoms with Crippen molar-refractivity contribution in [2.45, 2.75) is 11.8 Å². The molecule has 1 amide bonds. The molecule has 4 bridgehead atoms. The number of carbonyl (C=O) groups excluding carboxylic acids is 1. The Balaban J connectivity index is 1.63. The third-order valence-electron chi connectivity index (χ3n) is 5.43. The predicted octanol–water partition coefficient (Wildman–Crippen LogP) is 2.75. The number of nitrogens with one attached hydrogen (secondary N) is 1. The van der Waals surface area contributed by atoms with E-state index in [-0.39, 0.29) is 11.5 Å². The molecule has 3 N–H and O–H groups in total. The van der Waals surface area contributed by atoms with Crippen LogP contribution in [0.1, 0.15) is 17.4 Å². The molecule has 190 valence electrons. The van der Waals surface area contributed by atoms with Gasteiger partial charge in [-0.15, -0.1) is 0 Å². The molecule has 2 aromatic carbocycles. The Morgan fingerprint density at radius 3 is 2.53 bits per heavy atom. The molecule has 1 unspecified atom stereocenters. The number of fused-ring (bicyclic) bond motifs is 13. The van der Waals surface area contributed by atoms with Gasteiger partial charge in [-0.05, 0) is 24.3 Å². The maximum absolute atomic E-state index is 13.0. The minimum atomic E-state index is -1.34. The van der Waals surface area contributed by atoms with Crippen molar-refractivity contribution in [1.29, 1.82) is 0 Å². The van der Waals surface area contributed by atoms with Crippen LogP contribution >= 0.6 is 0 Å². The minimum Gasteiger partial charge on any atom is -0.489 e. The van der Waals surface area contributed by atoms with Crippen LogP contribution in [0.4, 0.5) is 11.5 Å². The van der Waals surface area contributed by atoms with E-state index in [1.165, 1.54) is 6.20 Å². The molecule has 0 spiro atoms. The smallest absolute Gasteiger partial charge is 0.278 e. The molecular formula is C25H29N5O5S. The van der Waals surface area contributed by atoms with E-state index in [0.29, 0.717) is 68.2 Å². The Labute approximate surface area is 212 Å². The lowest BCUT2D eigenvalue weighted by Gasteiger charge is -2.19. The van der Waals surface area contributed by atoms with Gasteiger partial charge >= 0.3 is 0 Å². The van der Waals surface area contributed by atoms with Crippen LogP contribution in [-0.4, -0.2) is 70.5 Å². The van der Waals surface area contributed by atoms with E-state index in [2.05, 4.69) is 15.3 Å². The fourth-order valence-corrected chi connectivity index (χ4v) is 4.67. The number of rotatable bonds is 1. The number of benzene rings is 2. The van der Waals surface area contributed by atoms with E-state index in [1.54, 1.807) is 42.5 Å². The second-order valence-corrected chi connectivity index (χ2v) is 9.29. The summed E-state index contributed by atoms with van der Waals surface area (Å²) in [5.74, 6) is -0.000406. The standard InChI is InChI=1S/C25H29N5O5S/c1-2-30-11-12-33-13-14-34-15-16-35-22-6-4-3-5-20(22)29-25(31)23-24(26)27-17-21(28-23)18-7-9-19(10-8-18)36(30)32/h3-10,17H,2,11-16H2,1H3,(H2,26,27)(H,29,31). The Bertz CT molecular complexity index is 1210. The van der Waals surface area contributed by atoms with Gasteiger partial charge < -0.3 is 25.3 Å². The number of likely N-dealkylation sites (N-methyl/N-ethyl adjacent to an activating group) is 1. The number of nitrogen functional groups attached to an aromatic ring is 1. The molecule has 0 fully saturated rings. The molecule has 0 saturated carbocycles. The predicted molar refractivity (Wildman–Crippen MR) is 137 cm³/mol. The summed E-state index contributed by atoms with van der Waals surface area (Å²) in [6, 6.07) is 14.2. The van der Waals surface area contributed by atoms with Crippen molar-refractivity contribution in [2.75, 3.05) is 57.2 Å². The van der Waals surface area contributed by atoms with E-state index in [9.17, 15) is 9.00 Å². The number of carbonyl (C=O) groups is 1. The quantitative estimate of drug-likeness (QED) is 0.477. The Hall–Kier alpha value is -3.38. The van der Waals surface area contributed by atoms with Crippen molar-refractivity contribution in [1.82, 2.24) is 14.3 Å². The summed E-state index contributed by atoms with van der Waals surface area (Å²) < 4.78 is 31.9. The van der Waals surface area contributed by atoms with Crippen LogP contribution in [0, 0.1) is 0 Å². The number of para-hydroxylation sites is 2. The van der Waals surface area contributed by atoms with Crippen LogP contribution in [0.5, 0.6) is 5.75 Å². The van der Waals surface area contributed by atoms with Crippen molar-refractivity contribution >= 4 is 28.4 Å². The summed E-state index contributed by atoms with van der Waals surface area (Å²) in [6.45, 7) is 5.00. The first-order valence-electron chi connectivity index (χ1n) is 11.6. The van der Waals surface area contributed by atoms with Crippen LogP contribution < -0.4 is 15.8 Å². The maximum atomic E-state index is 13.0. The second-order valence-electron chi connectivity index (χ2n) is 7.81. The number of nitrogens with zero attached hydrogens (tertiary/aromatic N) is 3. The molecular weight excluding hydrogens is 482 g/mol. The highest BCUT2D eigenvalue weighted by Gasteiger charge is 2.18. The fraction of sp³-hybridized carbons (Fsp3) is 0.320. The number of hydrogen-bond acceptors (Lipinski definition) is 8. The number of amides is 1. The molecule has 0 aliphatic carbocycles. The van der Waals surface area contributed by atoms with Crippen molar-refractivity contribution in [3.8, 4) is 17.0 Å². The summed E-state index contributed by atoms with van der Waals surface area (Å²) in [4.78, 5) is 22.3. The monoisotopic (exact) mass is 511 g/mol. The van der Waals surface area contributed by atoms with Crippen LogP contribution in [-0.2, 0) is 20.5 Å². The molecule has 10 nitrogen and oxygen atoms in total. The summed E-state index contributed by atoms with van der Waals surface area (Å²) in [6.07, 6.45) is 1.50. The zero-order chi connectivity index (χ0) is 25.3. The zero-order valence-corrected chi connectivity index (χ0v) is 20.8. The van der Waals surface area contributed by atoms with Gasteiger partial charge in [-0.1, -0.05) is 31.2 Å². The van der Waals surface area contributed by atoms with E-state index in [1.807, 2.05) is 17.3 Å². The topological polar surface area (TPSA) is 129 Å². The van der Waals surface area contributed by atoms with Crippen LogP contribution in [0.2, 0.25) is 0 Å². The number of hydrogen-bond donors (Lipinski definition) is 2. The number of aromatic nitrogens is 2. The number of nitrogens with two attached hydrogens (primary N) is 1. The molecule has 2 aliphatic rings. The zero-order valence-electron chi connectivity index (χ0n) is 20.0. The number of anilines is 2. The Morgan fingerprint density at radius 2 is 1.75 bits per heavy atom. The van der Waals surface area contributed by atoms with Gasteiger partial charge in [-0.2, -0.15) is 0 Å². The summed E-state index contributed by atoms with van der Waals surface area (Å²) in [7, 11) is -1.34. The van der Waals surface area contributed by atoms with Gasteiger partial charge in [0.05, 0.1) is 48.9 Å². The van der Waals surface area contributed by atoms with Gasteiger partial charge in [-0.25, -0.2) is 18.5 Å². The first kappa shape index (κ1) is 25.7. The Kier molecular flexibility index (Phi) is 8.95. The second kappa shape index (κ2) is 12.5. The minimum absolute atomic E-state index is 0.00223. The molecule has 1 aromatic heterocycles. The SMILES string of the molecule is CCN1CCOCCOCCOc2ccccc2NC(=O)c2nc(cnc2N)-c2ccc(cc2)S1=O. The molecule has 3 aromatic rings. The lowest BCUT2D eigenvalue weighted by Crippen LogP contribution is -2.30. The fourth-order valence-electron chi connectivity index (χ4n) is 3.53. The third kappa shape index (κ3) is 6.43. The lowest BCUT2D eigenvalue weighted by molar-refractivity contribution is 0.0343. The number of ether oxygens (including phenoxy) is 3. The molecule has 5 rings (SSSR count). The summed E-state index contributed by atoms with van der Waals surface area (Å²) in [5.41, 5.74) is 7.64. The van der Waals surface area contributed by atoms with Crippen molar-refractivity contribution in [2.24, 2.45) is 0 Å². The molecule has 0 radical (unpaired) electrons. The summed E-state index contributed by atoms with van der Waals surface area (Å²) >= 11 is 0. The van der Waals surface area contributed by atoms with Gasteiger partial charge in [-0.3, -0.25) is 4.79 Å². The van der Waals surface area contributed by atoms with Gasteiger partial charge in [0.25, 0.3) is 5.91 Å². The van der Waals surface area contributed by atoms with Crippen molar-refractivity contribution < 1.29 is 23.2 Å². The first-order chi connectivity index (χ1) is 17.6. The van der Waals surface area contributed by atoms with Crippen molar-refractivity contribution in [3.05, 3.63) is 60.4 Å². The normalized spacial score (nSPS) is 18.2. The largest absolute Gasteiger partial charge is 0.489 e. The maximum Gasteiger partial charge on any atom is 0.278 e. The highest BCUT2D eigenvalue weighted by molar-refractivity contribution is 7.82. The van der Waals surface area contributed by atoms with Crippen LogP contribution in [0.25, 0.3) is 11.3 Å². The molecule has 1 atom stereocenters. The molecule has 11 heteroatoms. The molecule has 36 heavy (non-hydrogen) atoms. The Morgan fingerprint density at radius 1 is 1.03 bits per heavy atom.